The number of carbonyl (C=O) groups is 1. The van der Waals surface area contributed by atoms with Gasteiger partial charge in [-0.05, 0) is 56.1 Å². The first-order valence-corrected chi connectivity index (χ1v) is 11.5. The van der Waals surface area contributed by atoms with E-state index in [0.29, 0.717) is 5.56 Å². The molecule has 2 aromatic rings. The Morgan fingerprint density at radius 3 is 2.50 bits per heavy atom. The number of nitrogens with one attached hydrogen (secondary N) is 2. The van der Waals surface area contributed by atoms with Gasteiger partial charge in [0.25, 0.3) is 0 Å². The maximum atomic E-state index is 12.7. The fraction of sp³-hybridized carbons (Fsp3) is 0.348. The molecule has 1 fully saturated rings. The Morgan fingerprint density at radius 2 is 1.87 bits per heavy atom. The molecule has 1 aliphatic rings. The second kappa shape index (κ2) is 9.02. The van der Waals surface area contributed by atoms with Crippen LogP contribution in [0.5, 0.6) is 5.75 Å². The lowest BCUT2D eigenvalue weighted by molar-refractivity contribution is -0.118. The fourth-order valence-electron chi connectivity index (χ4n) is 3.97. The van der Waals surface area contributed by atoms with E-state index in [1.807, 2.05) is 19.1 Å². The monoisotopic (exact) mass is 428 g/mol. The highest BCUT2D eigenvalue weighted by atomic mass is 32.2. The molecule has 0 heterocycles. The van der Waals surface area contributed by atoms with Crippen LogP contribution in [0.4, 0.5) is 0 Å². The van der Waals surface area contributed by atoms with E-state index in [9.17, 15) is 13.2 Å². The first kappa shape index (κ1) is 22.1. The van der Waals surface area contributed by atoms with E-state index in [4.69, 9.17) is 4.74 Å². The minimum Gasteiger partial charge on any atom is -0.495 e. The Hall–Kier alpha value is -2.64. The highest BCUT2D eigenvalue weighted by Gasteiger charge is 2.36. The van der Waals surface area contributed by atoms with E-state index in [1.54, 1.807) is 18.2 Å². The van der Waals surface area contributed by atoms with E-state index < -0.39 is 10.0 Å². The zero-order valence-corrected chi connectivity index (χ0v) is 18.4. The van der Waals surface area contributed by atoms with Gasteiger partial charge in [0.1, 0.15) is 10.6 Å². The van der Waals surface area contributed by atoms with Crippen molar-refractivity contribution in [3.63, 3.8) is 0 Å². The molecule has 1 amide bonds. The molecule has 0 saturated heterocycles. The predicted octanol–water partition coefficient (Wildman–Crippen LogP) is 3.51. The summed E-state index contributed by atoms with van der Waals surface area (Å²) < 4.78 is 31.9. The van der Waals surface area contributed by atoms with Gasteiger partial charge in [0.2, 0.25) is 15.9 Å². The third-order valence-electron chi connectivity index (χ3n) is 5.56. The number of hydrogen-bond acceptors (Lipinski definition) is 4. The quantitative estimate of drug-likeness (QED) is 0.661. The van der Waals surface area contributed by atoms with Gasteiger partial charge in [0.05, 0.1) is 12.6 Å². The van der Waals surface area contributed by atoms with Crippen LogP contribution in [0.1, 0.15) is 42.4 Å². The molecule has 0 spiro atoms. The van der Waals surface area contributed by atoms with Crippen molar-refractivity contribution in [1.29, 1.82) is 0 Å². The fourth-order valence-corrected chi connectivity index (χ4v) is 4.90. The Balaban J connectivity index is 1.82. The molecule has 2 N–H and O–H groups in total. The lowest BCUT2D eigenvalue weighted by Crippen LogP contribution is -2.43. The molecular formula is C23H28N2O4S. The number of hydrogen-bond donors (Lipinski definition) is 2. The number of methoxy groups -OCH3 is 1. The molecule has 0 atom stereocenters. The van der Waals surface area contributed by atoms with E-state index in [-0.39, 0.29) is 22.1 Å². The summed E-state index contributed by atoms with van der Waals surface area (Å²) in [6.07, 6.45) is 7.02. The average molecular weight is 429 g/mol. The summed E-state index contributed by atoms with van der Waals surface area (Å²) in [5.41, 5.74) is 2.54. The number of amides is 1. The summed E-state index contributed by atoms with van der Waals surface area (Å²) in [5, 5.41) is 3.20. The molecule has 0 bridgehead atoms. The molecule has 0 unspecified atom stereocenters. The molecule has 1 aliphatic carbocycles. The maximum absolute atomic E-state index is 12.7. The van der Waals surface area contributed by atoms with Crippen molar-refractivity contribution >= 4 is 22.0 Å². The van der Waals surface area contributed by atoms with Crippen molar-refractivity contribution in [2.75, 3.05) is 14.2 Å². The minimum atomic E-state index is -3.68. The highest BCUT2D eigenvalue weighted by molar-refractivity contribution is 7.89. The van der Waals surface area contributed by atoms with Crippen molar-refractivity contribution in [2.24, 2.45) is 0 Å². The van der Waals surface area contributed by atoms with Crippen LogP contribution in [0.2, 0.25) is 0 Å². The van der Waals surface area contributed by atoms with Crippen molar-refractivity contribution < 1.29 is 17.9 Å². The smallest absolute Gasteiger partial charge is 0.244 e. The number of sulfonamides is 1. The third kappa shape index (κ3) is 4.74. The number of carbonyl (C=O) groups excluding carboxylic acids is 1. The van der Waals surface area contributed by atoms with E-state index in [0.717, 1.165) is 31.2 Å². The number of rotatable bonds is 7. The average Bonchev–Trinajstić information content (AvgIpc) is 3.21. The molecule has 3 rings (SSSR count). The Bertz CT molecular complexity index is 1050. The molecule has 1 saturated carbocycles. The summed E-state index contributed by atoms with van der Waals surface area (Å²) in [4.78, 5) is 12.8. The van der Waals surface area contributed by atoms with Crippen LogP contribution in [0.3, 0.4) is 0 Å². The minimum absolute atomic E-state index is 0.0297. The van der Waals surface area contributed by atoms with Crippen molar-refractivity contribution in [3.05, 3.63) is 65.2 Å². The summed E-state index contributed by atoms with van der Waals surface area (Å²) in [5.74, 6) is 0.0440. The zero-order valence-electron chi connectivity index (χ0n) is 17.6. The van der Waals surface area contributed by atoms with Crippen LogP contribution in [0, 0.1) is 6.92 Å². The van der Waals surface area contributed by atoms with Gasteiger partial charge >= 0.3 is 0 Å². The van der Waals surface area contributed by atoms with E-state index in [1.165, 1.54) is 31.9 Å². The van der Waals surface area contributed by atoms with Crippen LogP contribution < -0.4 is 14.8 Å². The van der Waals surface area contributed by atoms with Gasteiger partial charge in [0.15, 0.2) is 0 Å². The number of aryl methyl sites for hydroxylation is 1. The summed E-state index contributed by atoms with van der Waals surface area (Å²) in [6.45, 7) is 2.05. The summed E-state index contributed by atoms with van der Waals surface area (Å²) in [6, 6.07) is 13.0. The van der Waals surface area contributed by atoms with Gasteiger partial charge in [-0.1, -0.05) is 48.7 Å². The first-order chi connectivity index (χ1) is 14.3. The van der Waals surface area contributed by atoms with E-state index in [2.05, 4.69) is 22.2 Å². The molecule has 6 nitrogen and oxygen atoms in total. The second-order valence-electron chi connectivity index (χ2n) is 7.60. The predicted molar refractivity (Wildman–Crippen MR) is 118 cm³/mol. The summed E-state index contributed by atoms with van der Waals surface area (Å²) in [7, 11) is -0.920. The van der Waals surface area contributed by atoms with Gasteiger partial charge in [-0.3, -0.25) is 4.79 Å². The van der Waals surface area contributed by atoms with Gasteiger partial charge in [0, 0.05) is 6.08 Å². The third-order valence-corrected chi connectivity index (χ3v) is 7.00. The molecule has 30 heavy (non-hydrogen) atoms. The largest absolute Gasteiger partial charge is 0.495 e. The maximum Gasteiger partial charge on any atom is 0.244 e. The van der Waals surface area contributed by atoms with Crippen LogP contribution >= 0.6 is 0 Å². The van der Waals surface area contributed by atoms with Gasteiger partial charge in [-0.15, -0.1) is 0 Å². The van der Waals surface area contributed by atoms with Gasteiger partial charge in [-0.2, -0.15) is 0 Å². The van der Waals surface area contributed by atoms with Crippen molar-refractivity contribution in [3.8, 4) is 5.75 Å². The lowest BCUT2D eigenvalue weighted by Gasteiger charge is -2.31. The standard InChI is InChI=1S/C23H28N2O4S/c1-17-7-6-8-19(15-17)23(13-4-5-14-23)25-22(26)12-10-18-9-11-20(29-3)21(16-18)30(27,28)24-2/h6-12,15-16,24H,4-5,13-14H2,1-3H3,(H,25,26)/b12-10+. The molecule has 7 heteroatoms. The van der Waals surface area contributed by atoms with Gasteiger partial charge in [-0.25, -0.2) is 13.1 Å². The lowest BCUT2D eigenvalue weighted by atomic mass is 9.87. The highest BCUT2D eigenvalue weighted by Crippen LogP contribution is 2.39. The normalized spacial score (nSPS) is 16.0. The number of ether oxygens (including phenoxy) is 1. The molecule has 0 radical (unpaired) electrons. The molecule has 160 valence electrons. The molecule has 0 aromatic heterocycles. The SMILES string of the molecule is CNS(=O)(=O)c1cc(/C=C/C(=O)NC2(c3cccc(C)c3)CCCC2)ccc1OC. The van der Waals surface area contributed by atoms with Crippen LogP contribution in [-0.2, 0) is 20.4 Å². The van der Waals surface area contributed by atoms with Crippen molar-refractivity contribution in [2.45, 2.75) is 43.0 Å². The first-order valence-electron chi connectivity index (χ1n) is 9.99. The summed E-state index contributed by atoms with van der Waals surface area (Å²) >= 11 is 0. The molecule has 2 aromatic carbocycles. The van der Waals surface area contributed by atoms with Crippen molar-refractivity contribution in [1.82, 2.24) is 10.0 Å². The Kier molecular flexibility index (Phi) is 6.63. The van der Waals surface area contributed by atoms with Gasteiger partial charge < -0.3 is 10.1 Å². The topological polar surface area (TPSA) is 84.5 Å². The van der Waals surface area contributed by atoms with E-state index >= 15 is 0 Å². The Morgan fingerprint density at radius 1 is 1.13 bits per heavy atom. The second-order valence-corrected chi connectivity index (χ2v) is 9.45. The van der Waals surface area contributed by atoms with Crippen LogP contribution in [0.15, 0.2) is 53.4 Å². The molecule has 0 aliphatic heterocycles. The molecular weight excluding hydrogens is 400 g/mol. The number of benzene rings is 2. The van der Waals surface area contributed by atoms with Crippen LogP contribution in [-0.4, -0.2) is 28.5 Å². The van der Waals surface area contributed by atoms with Crippen LogP contribution in [0.25, 0.3) is 6.08 Å². The Labute approximate surface area is 178 Å². The zero-order chi connectivity index (χ0) is 21.8.